The van der Waals surface area contributed by atoms with Crippen molar-refractivity contribution in [2.24, 2.45) is 0 Å². The van der Waals surface area contributed by atoms with Crippen LogP contribution >= 0.6 is 0 Å². The molecule has 0 aliphatic rings. The largest absolute Gasteiger partial charge is 0.359 e. The number of benzene rings is 2. The molecule has 0 saturated heterocycles. The van der Waals surface area contributed by atoms with Gasteiger partial charge in [0.25, 0.3) is 0 Å². The monoisotopic (exact) mass is 265 g/mol. The maximum absolute atomic E-state index is 12.1. The fraction of sp³-hybridized carbons (Fsp3) is 0.167. The molecule has 0 aromatic heterocycles. The summed E-state index contributed by atoms with van der Waals surface area (Å²) in [6.07, 6.45) is 1.64. The number of hydrogen-bond acceptors (Lipinski definition) is 2. The van der Waals surface area contributed by atoms with Crippen molar-refractivity contribution >= 4 is 11.5 Å². The molecule has 1 N–H and O–H groups in total. The number of anilines is 1. The number of carbonyl (C=O) groups excluding carboxylic acids is 1. The third kappa shape index (κ3) is 3.35. The molecule has 0 heterocycles. The SMILES string of the molecule is CC(=CC(=O)c1ccccc1)Nc1cccc(C)c1C. The number of rotatable bonds is 4. The van der Waals surface area contributed by atoms with E-state index >= 15 is 0 Å². The highest BCUT2D eigenvalue weighted by molar-refractivity contribution is 6.05. The Morgan fingerprint density at radius 2 is 1.70 bits per heavy atom. The Bertz CT molecular complexity index is 642. The number of aryl methyl sites for hydroxylation is 1. The first-order valence-electron chi connectivity index (χ1n) is 6.69. The lowest BCUT2D eigenvalue weighted by Gasteiger charge is -2.11. The molecule has 0 radical (unpaired) electrons. The quantitative estimate of drug-likeness (QED) is 0.651. The highest BCUT2D eigenvalue weighted by Gasteiger charge is 2.04. The van der Waals surface area contributed by atoms with Gasteiger partial charge >= 0.3 is 0 Å². The van der Waals surface area contributed by atoms with Crippen LogP contribution in [0.5, 0.6) is 0 Å². The van der Waals surface area contributed by atoms with Gasteiger partial charge in [0.15, 0.2) is 5.78 Å². The van der Waals surface area contributed by atoms with Crippen molar-refractivity contribution in [2.45, 2.75) is 20.8 Å². The summed E-state index contributed by atoms with van der Waals surface area (Å²) >= 11 is 0. The summed E-state index contributed by atoms with van der Waals surface area (Å²) < 4.78 is 0. The minimum absolute atomic E-state index is 0.0147. The number of allylic oxidation sites excluding steroid dienone is 2. The van der Waals surface area contributed by atoms with E-state index in [1.54, 1.807) is 6.08 Å². The van der Waals surface area contributed by atoms with Crippen molar-refractivity contribution in [3.63, 3.8) is 0 Å². The molecule has 0 fully saturated rings. The second-order valence-electron chi connectivity index (χ2n) is 4.93. The summed E-state index contributed by atoms with van der Waals surface area (Å²) in [6, 6.07) is 15.4. The highest BCUT2D eigenvalue weighted by Crippen LogP contribution is 2.19. The zero-order chi connectivity index (χ0) is 14.5. The van der Waals surface area contributed by atoms with Gasteiger partial charge in [-0.05, 0) is 38.0 Å². The Balaban J connectivity index is 2.16. The van der Waals surface area contributed by atoms with Crippen LogP contribution in [0.2, 0.25) is 0 Å². The predicted octanol–water partition coefficient (Wildman–Crippen LogP) is 4.50. The van der Waals surface area contributed by atoms with E-state index in [4.69, 9.17) is 0 Å². The molecule has 0 aliphatic carbocycles. The molecule has 20 heavy (non-hydrogen) atoms. The molecule has 0 bridgehead atoms. The van der Waals surface area contributed by atoms with Crippen LogP contribution in [-0.2, 0) is 0 Å². The Morgan fingerprint density at radius 1 is 1.00 bits per heavy atom. The second-order valence-corrected chi connectivity index (χ2v) is 4.93. The van der Waals surface area contributed by atoms with Crippen LogP contribution in [0, 0.1) is 13.8 Å². The molecule has 0 amide bonds. The van der Waals surface area contributed by atoms with E-state index in [0.29, 0.717) is 5.56 Å². The van der Waals surface area contributed by atoms with E-state index in [1.807, 2.05) is 49.4 Å². The van der Waals surface area contributed by atoms with E-state index < -0.39 is 0 Å². The van der Waals surface area contributed by atoms with Gasteiger partial charge in [0, 0.05) is 23.0 Å². The van der Waals surface area contributed by atoms with E-state index in [9.17, 15) is 4.79 Å². The van der Waals surface area contributed by atoms with Gasteiger partial charge in [-0.3, -0.25) is 4.79 Å². The van der Waals surface area contributed by atoms with Crippen LogP contribution in [0.15, 0.2) is 60.3 Å². The van der Waals surface area contributed by atoms with Gasteiger partial charge in [-0.1, -0.05) is 42.5 Å². The molecule has 2 aromatic rings. The summed E-state index contributed by atoms with van der Waals surface area (Å²) in [4.78, 5) is 12.1. The molecule has 2 aromatic carbocycles. The fourth-order valence-corrected chi connectivity index (χ4v) is 2.02. The topological polar surface area (TPSA) is 29.1 Å². The molecule has 0 spiro atoms. The Hall–Kier alpha value is -2.35. The maximum Gasteiger partial charge on any atom is 0.187 e. The first kappa shape index (κ1) is 14.1. The van der Waals surface area contributed by atoms with E-state index in [-0.39, 0.29) is 5.78 Å². The zero-order valence-corrected chi connectivity index (χ0v) is 12.1. The average molecular weight is 265 g/mol. The third-order valence-corrected chi connectivity index (χ3v) is 3.34. The van der Waals surface area contributed by atoms with Crippen molar-refractivity contribution in [3.05, 3.63) is 77.0 Å². The summed E-state index contributed by atoms with van der Waals surface area (Å²) in [5.41, 5.74) is 5.02. The molecule has 2 rings (SSSR count). The molecular weight excluding hydrogens is 246 g/mol. The van der Waals surface area contributed by atoms with Gasteiger partial charge in [-0.15, -0.1) is 0 Å². The lowest BCUT2D eigenvalue weighted by Crippen LogP contribution is -2.02. The molecule has 2 nitrogen and oxygen atoms in total. The Labute approximate surface area is 120 Å². The van der Waals surface area contributed by atoms with Crippen LogP contribution < -0.4 is 5.32 Å². The minimum Gasteiger partial charge on any atom is -0.359 e. The van der Waals surface area contributed by atoms with Gasteiger partial charge < -0.3 is 5.32 Å². The van der Waals surface area contributed by atoms with Crippen LogP contribution in [0.3, 0.4) is 0 Å². The van der Waals surface area contributed by atoms with E-state index in [2.05, 4.69) is 25.2 Å². The van der Waals surface area contributed by atoms with Crippen LogP contribution in [-0.4, -0.2) is 5.78 Å². The van der Waals surface area contributed by atoms with Gasteiger partial charge in [0.1, 0.15) is 0 Å². The highest BCUT2D eigenvalue weighted by atomic mass is 16.1. The zero-order valence-electron chi connectivity index (χ0n) is 12.1. The predicted molar refractivity (Wildman–Crippen MR) is 84.1 cm³/mol. The van der Waals surface area contributed by atoms with Gasteiger partial charge in [0.2, 0.25) is 0 Å². The first-order valence-corrected chi connectivity index (χ1v) is 6.69. The van der Waals surface area contributed by atoms with Gasteiger partial charge in [-0.25, -0.2) is 0 Å². The summed E-state index contributed by atoms with van der Waals surface area (Å²) in [5, 5.41) is 3.29. The molecule has 0 atom stereocenters. The summed E-state index contributed by atoms with van der Waals surface area (Å²) in [5.74, 6) is 0.0147. The van der Waals surface area contributed by atoms with Crippen molar-refractivity contribution in [1.29, 1.82) is 0 Å². The molecule has 2 heteroatoms. The van der Waals surface area contributed by atoms with Crippen molar-refractivity contribution in [2.75, 3.05) is 5.32 Å². The Morgan fingerprint density at radius 3 is 2.40 bits per heavy atom. The summed E-state index contributed by atoms with van der Waals surface area (Å²) in [7, 11) is 0. The van der Waals surface area contributed by atoms with Crippen molar-refractivity contribution in [1.82, 2.24) is 0 Å². The normalized spacial score (nSPS) is 11.2. The third-order valence-electron chi connectivity index (χ3n) is 3.34. The number of nitrogens with one attached hydrogen (secondary N) is 1. The molecule has 0 aliphatic heterocycles. The van der Waals surface area contributed by atoms with E-state index in [0.717, 1.165) is 11.4 Å². The number of hydrogen-bond donors (Lipinski definition) is 1. The minimum atomic E-state index is 0.0147. The molecule has 0 unspecified atom stereocenters. The lowest BCUT2D eigenvalue weighted by atomic mass is 10.1. The second kappa shape index (κ2) is 6.20. The average Bonchev–Trinajstić information content (AvgIpc) is 2.45. The van der Waals surface area contributed by atoms with Gasteiger partial charge in [0.05, 0.1) is 0 Å². The fourth-order valence-electron chi connectivity index (χ4n) is 2.02. The Kier molecular flexibility index (Phi) is 4.36. The van der Waals surface area contributed by atoms with Crippen LogP contribution in [0.25, 0.3) is 0 Å². The van der Waals surface area contributed by atoms with Crippen LogP contribution in [0.4, 0.5) is 5.69 Å². The maximum atomic E-state index is 12.1. The van der Waals surface area contributed by atoms with Crippen molar-refractivity contribution in [3.8, 4) is 0 Å². The standard InChI is InChI=1S/C18H19NO/c1-13-8-7-11-17(15(13)3)19-14(2)12-18(20)16-9-5-4-6-10-16/h4-12,19H,1-3H3. The smallest absolute Gasteiger partial charge is 0.187 e. The first-order chi connectivity index (χ1) is 9.58. The molecular formula is C18H19NO. The van der Waals surface area contributed by atoms with E-state index in [1.165, 1.54) is 11.1 Å². The molecule has 102 valence electrons. The lowest BCUT2D eigenvalue weighted by molar-refractivity contribution is 0.104. The number of ketones is 1. The summed E-state index contributed by atoms with van der Waals surface area (Å²) in [6.45, 7) is 6.06. The van der Waals surface area contributed by atoms with Gasteiger partial charge in [-0.2, -0.15) is 0 Å². The number of carbonyl (C=O) groups is 1. The van der Waals surface area contributed by atoms with Crippen LogP contribution in [0.1, 0.15) is 28.4 Å². The molecule has 0 saturated carbocycles. The van der Waals surface area contributed by atoms with Crippen molar-refractivity contribution < 1.29 is 4.79 Å².